The molecule has 2 amide bonds. The number of nitrogens with zero attached hydrogens (tertiary/aromatic N) is 6. The summed E-state index contributed by atoms with van der Waals surface area (Å²) >= 11 is 0. The third-order valence-corrected chi connectivity index (χ3v) is 7.55. The summed E-state index contributed by atoms with van der Waals surface area (Å²) in [4.78, 5) is 53.1. The van der Waals surface area contributed by atoms with Crippen molar-refractivity contribution in [3.8, 4) is 5.69 Å². The summed E-state index contributed by atoms with van der Waals surface area (Å²) in [6.07, 6.45) is 5.84. The molecule has 2 unspecified atom stereocenters. The van der Waals surface area contributed by atoms with Crippen LogP contribution in [0.5, 0.6) is 0 Å². The molecule has 11 heteroatoms. The number of aromatic nitrogens is 5. The summed E-state index contributed by atoms with van der Waals surface area (Å²) in [5.74, 6) is 0.903. The largest absolute Gasteiger partial charge is 0.382 e. The Balaban J connectivity index is 1.32. The number of carbonyl (C=O) groups excluding carboxylic acids is 2. The smallest absolute Gasteiger partial charge is 0.335 e. The molecular formula is C27H26N8O3. The first-order chi connectivity index (χ1) is 18.4. The van der Waals surface area contributed by atoms with Crippen LogP contribution in [-0.4, -0.2) is 53.9 Å². The van der Waals surface area contributed by atoms with Crippen LogP contribution in [0, 0.1) is 11.8 Å². The van der Waals surface area contributed by atoms with Gasteiger partial charge in [0.25, 0.3) is 5.91 Å². The zero-order valence-corrected chi connectivity index (χ0v) is 20.5. The lowest BCUT2D eigenvalue weighted by atomic mass is 10.0. The second-order valence-electron chi connectivity index (χ2n) is 9.73. The highest BCUT2D eigenvalue weighted by Gasteiger charge is 2.43. The highest BCUT2D eigenvalue weighted by atomic mass is 16.2. The van der Waals surface area contributed by atoms with E-state index in [4.69, 9.17) is 5.73 Å². The fourth-order valence-corrected chi connectivity index (χ4v) is 5.81. The Labute approximate surface area is 217 Å². The third-order valence-electron chi connectivity index (χ3n) is 7.55. The summed E-state index contributed by atoms with van der Waals surface area (Å²) in [5.41, 5.74) is 7.87. The van der Waals surface area contributed by atoms with E-state index in [2.05, 4.69) is 26.8 Å². The number of likely N-dealkylation sites (tertiary alicyclic amines) is 1. The molecule has 0 spiro atoms. The number of pyridine rings is 1. The second-order valence-corrected chi connectivity index (χ2v) is 9.73. The molecule has 3 aromatic heterocycles. The second kappa shape index (κ2) is 9.25. The summed E-state index contributed by atoms with van der Waals surface area (Å²) in [5, 5.41) is 2.75. The zero-order chi connectivity index (χ0) is 26.4. The average molecular weight is 511 g/mol. The van der Waals surface area contributed by atoms with Crippen LogP contribution in [0.15, 0.2) is 72.4 Å². The van der Waals surface area contributed by atoms with Crippen LogP contribution in [-0.2, 0) is 4.79 Å². The standard InChI is InChI=1S/C27H26N8O3/c1-2-22(36)33-13-17-11-20(12-18(17)14-33)35-25-23(24(28)30-15-31-25)34(27(35)38)19-8-6-16(7-9-19)26(37)32-21-5-3-4-10-29-21/h2-10,15,17-18,20H,1,11-14H2,(H2,28,30,31)(H,29,32,37). The van der Waals surface area contributed by atoms with Crippen LogP contribution >= 0.6 is 0 Å². The predicted octanol–water partition coefficient (Wildman–Crippen LogP) is 2.41. The number of nitrogen functional groups attached to an aromatic ring is 1. The van der Waals surface area contributed by atoms with E-state index in [1.54, 1.807) is 53.2 Å². The Kier molecular flexibility index (Phi) is 5.74. The van der Waals surface area contributed by atoms with Crippen molar-refractivity contribution in [2.24, 2.45) is 11.8 Å². The maximum absolute atomic E-state index is 13.9. The molecule has 6 rings (SSSR count). The highest BCUT2D eigenvalue weighted by Crippen LogP contribution is 2.44. The van der Waals surface area contributed by atoms with E-state index >= 15 is 0 Å². The van der Waals surface area contributed by atoms with E-state index in [0.717, 1.165) is 12.8 Å². The molecule has 4 heterocycles. The van der Waals surface area contributed by atoms with Gasteiger partial charge in [0.1, 0.15) is 17.7 Å². The van der Waals surface area contributed by atoms with Gasteiger partial charge in [-0.05, 0) is 67.2 Å². The number of imidazole rings is 1. The van der Waals surface area contributed by atoms with Gasteiger partial charge in [0.2, 0.25) is 5.91 Å². The van der Waals surface area contributed by atoms with E-state index < -0.39 is 0 Å². The molecule has 1 saturated carbocycles. The number of carbonyl (C=O) groups is 2. The van der Waals surface area contributed by atoms with Gasteiger partial charge in [0.05, 0.1) is 5.69 Å². The van der Waals surface area contributed by atoms with Gasteiger partial charge in [-0.1, -0.05) is 12.6 Å². The Morgan fingerprint density at radius 1 is 1.03 bits per heavy atom. The van der Waals surface area contributed by atoms with E-state index in [0.29, 0.717) is 53.2 Å². The molecule has 3 N–H and O–H groups in total. The van der Waals surface area contributed by atoms with Gasteiger partial charge in [-0.15, -0.1) is 0 Å². The topological polar surface area (TPSA) is 141 Å². The molecule has 4 aromatic rings. The van der Waals surface area contributed by atoms with Crippen molar-refractivity contribution in [1.82, 2.24) is 29.0 Å². The number of nitrogens with one attached hydrogen (secondary N) is 1. The number of nitrogens with two attached hydrogens (primary N) is 1. The van der Waals surface area contributed by atoms with Crippen molar-refractivity contribution >= 4 is 34.6 Å². The van der Waals surface area contributed by atoms with Gasteiger partial charge >= 0.3 is 5.69 Å². The Morgan fingerprint density at radius 3 is 2.42 bits per heavy atom. The predicted molar refractivity (Wildman–Crippen MR) is 142 cm³/mol. The van der Waals surface area contributed by atoms with Gasteiger partial charge < -0.3 is 16.0 Å². The minimum absolute atomic E-state index is 0.0533. The van der Waals surface area contributed by atoms with Crippen molar-refractivity contribution in [2.75, 3.05) is 24.1 Å². The summed E-state index contributed by atoms with van der Waals surface area (Å²) in [7, 11) is 0. The van der Waals surface area contributed by atoms with Crippen molar-refractivity contribution in [3.63, 3.8) is 0 Å². The minimum atomic E-state index is -0.311. The summed E-state index contributed by atoms with van der Waals surface area (Å²) in [6.45, 7) is 4.92. The molecule has 1 saturated heterocycles. The Morgan fingerprint density at radius 2 is 1.76 bits per heavy atom. The molecule has 0 radical (unpaired) electrons. The first kappa shape index (κ1) is 23.6. The van der Waals surface area contributed by atoms with Crippen LogP contribution in [0.25, 0.3) is 16.9 Å². The molecule has 2 aliphatic rings. The summed E-state index contributed by atoms with van der Waals surface area (Å²) < 4.78 is 3.22. The van der Waals surface area contributed by atoms with E-state index in [9.17, 15) is 14.4 Å². The molecule has 1 aromatic carbocycles. The van der Waals surface area contributed by atoms with Crippen LogP contribution in [0.2, 0.25) is 0 Å². The SMILES string of the molecule is C=CC(=O)N1CC2CC(n3c(=O)n(-c4ccc(C(=O)Nc5ccccn5)cc4)c4c(N)ncnc43)CC2C1. The van der Waals surface area contributed by atoms with E-state index in [1.165, 1.54) is 17.0 Å². The fourth-order valence-electron chi connectivity index (χ4n) is 5.81. The molecular weight excluding hydrogens is 484 g/mol. The monoisotopic (exact) mass is 510 g/mol. The molecule has 1 aliphatic heterocycles. The van der Waals surface area contributed by atoms with Gasteiger partial charge in [-0.2, -0.15) is 0 Å². The zero-order valence-electron chi connectivity index (χ0n) is 20.5. The molecule has 11 nitrogen and oxygen atoms in total. The lowest BCUT2D eigenvalue weighted by molar-refractivity contribution is -0.125. The minimum Gasteiger partial charge on any atom is -0.382 e. The number of amides is 2. The maximum Gasteiger partial charge on any atom is 0.335 e. The third kappa shape index (κ3) is 3.92. The first-order valence-corrected chi connectivity index (χ1v) is 12.4. The van der Waals surface area contributed by atoms with Gasteiger partial charge in [-0.3, -0.25) is 18.7 Å². The number of hydrogen-bond donors (Lipinski definition) is 2. The normalized spacial score (nSPS) is 20.4. The average Bonchev–Trinajstić information content (AvgIpc) is 3.59. The van der Waals surface area contributed by atoms with Crippen LogP contribution in [0.3, 0.4) is 0 Å². The van der Waals surface area contributed by atoms with Crippen LogP contribution in [0.1, 0.15) is 29.2 Å². The Bertz CT molecular complexity index is 1600. The van der Waals surface area contributed by atoms with Gasteiger partial charge in [-0.25, -0.2) is 19.7 Å². The molecule has 1 aliphatic carbocycles. The molecule has 38 heavy (non-hydrogen) atoms. The van der Waals surface area contributed by atoms with Crippen molar-refractivity contribution < 1.29 is 9.59 Å². The van der Waals surface area contributed by atoms with Gasteiger partial charge in [0.15, 0.2) is 11.5 Å². The fraction of sp³-hybridized carbons (Fsp3) is 0.259. The van der Waals surface area contributed by atoms with Gasteiger partial charge in [0, 0.05) is 30.9 Å². The quantitative estimate of drug-likeness (QED) is 0.393. The van der Waals surface area contributed by atoms with Crippen molar-refractivity contribution in [2.45, 2.75) is 18.9 Å². The van der Waals surface area contributed by atoms with Crippen molar-refractivity contribution in [3.05, 3.63) is 83.7 Å². The number of hydrogen-bond acceptors (Lipinski definition) is 7. The highest BCUT2D eigenvalue weighted by molar-refractivity contribution is 6.03. The molecule has 0 bridgehead atoms. The Hall–Kier alpha value is -4.80. The summed E-state index contributed by atoms with van der Waals surface area (Å²) in [6, 6.07) is 11.9. The first-order valence-electron chi connectivity index (χ1n) is 12.4. The van der Waals surface area contributed by atoms with E-state index in [1.807, 2.05) is 4.90 Å². The number of anilines is 2. The van der Waals surface area contributed by atoms with Crippen LogP contribution < -0.4 is 16.7 Å². The lowest BCUT2D eigenvalue weighted by Gasteiger charge is -2.18. The number of benzene rings is 1. The molecule has 192 valence electrons. The number of rotatable bonds is 5. The molecule has 2 fully saturated rings. The maximum atomic E-state index is 13.9. The van der Waals surface area contributed by atoms with Crippen LogP contribution in [0.4, 0.5) is 11.6 Å². The number of fused-ring (bicyclic) bond motifs is 2. The lowest BCUT2D eigenvalue weighted by Crippen LogP contribution is -2.30. The van der Waals surface area contributed by atoms with Crippen molar-refractivity contribution in [1.29, 1.82) is 0 Å². The van der Waals surface area contributed by atoms with E-state index in [-0.39, 0.29) is 29.4 Å². The molecule has 2 atom stereocenters.